The zero-order chi connectivity index (χ0) is 16.7. The molecule has 2 aromatic carbocycles. The monoisotopic (exact) mass is 310 g/mol. The van der Waals surface area contributed by atoms with E-state index in [1.54, 1.807) is 42.5 Å². The summed E-state index contributed by atoms with van der Waals surface area (Å²) in [5.74, 6) is 4.30. The summed E-state index contributed by atoms with van der Waals surface area (Å²) in [7, 11) is 1.30. The Hall–Kier alpha value is -3.26. The second-order valence-corrected chi connectivity index (χ2v) is 4.43. The van der Waals surface area contributed by atoms with E-state index in [4.69, 9.17) is 14.6 Å². The second kappa shape index (κ2) is 7.66. The Morgan fingerprint density at radius 3 is 2.39 bits per heavy atom. The molecule has 1 N–H and O–H groups in total. The first-order chi connectivity index (χ1) is 11.1. The maximum Gasteiger partial charge on any atom is 0.339 e. The van der Waals surface area contributed by atoms with Crippen LogP contribution in [0.15, 0.2) is 48.5 Å². The van der Waals surface area contributed by atoms with E-state index in [2.05, 4.69) is 11.8 Å². The molecule has 2 aromatic rings. The highest BCUT2D eigenvalue weighted by atomic mass is 16.5. The molecule has 23 heavy (non-hydrogen) atoms. The Labute approximate surface area is 133 Å². The van der Waals surface area contributed by atoms with Crippen LogP contribution in [0.2, 0.25) is 0 Å². The molecule has 116 valence electrons. The minimum atomic E-state index is -1.07. The molecule has 5 heteroatoms. The molecule has 0 fully saturated rings. The van der Waals surface area contributed by atoms with Gasteiger partial charge in [-0.3, -0.25) is 0 Å². The molecule has 0 saturated carbocycles. The van der Waals surface area contributed by atoms with E-state index in [0.29, 0.717) is 11.1 Å². The molecule has 0 saturated heterocycles. The van der Waals surface area contributed by atoms with Crippen molar-refractivity contribution >= 4 is 11.9 Å². The van der Waals surface area contributed by atoms with Crippen LogP contribution in [0.4, 0.5) is 0 Å². The van der Waals surface area contributed by atoms with Crippen molar-refractivity contribution in [3.05, 3.63) is 65.2 Å². The molecule has 0 aliphatic heterocycles. The number of methoxy groups -OCH3 is 1. The number of hydrogen-bond acceptors (Lipinski definition) is 4. The van der Waals surface area contributed by atoms with E-state index < -0.39 is 11.9 Å². The SMILES string of the molecule is COC(=O)c1ccccc1C#CCOc1ccccc1C(=O)O. The van der Waals surface area contributed by atoms with Gasteiger partial charge >= 0.3 is 11.9 Å². The third kappa shape index (κ3) is 4.11. The summed E-state index contributed by atoms with van der Waals surface area (Å²) >= 11 is 0. The van der Waals surface area contributed by atoms with Gasteiger partial charge in [0.15, 0.2) is 0 Å². The summed E-state index contributed by atoms with van der Waals surface area (Å²) in [5.41, 5.74) is 0.965. The zero-order valence-electron chi connectivity index (χ0n) is 12.4. The first-order valence-corrected chi connectivity index (χ1v) is 6.75. The highest BCUT2D eigenvalue weighted by Gasteiger charge is 2.10. The molecular formula is C18H14O5. The van der Waals surface area contributed by atoms with Gasteiger partial charge in [0.25, 0.3) is 0 Å². The van der Waals surface area contributed by atoms with Crippen molar-refractivity contribution in [2.24, 2.45) is 0 Å². The van der Waals surface area contributed by atoms with Crippen molar-refractivity contribution in [2.45, 2.75) is 0 Å². The zero-order valence-corrected chi connectivity index (χ0v) is 12.4. The van der Waals surface area contributed by atoms with Crippen LogP contribution in [0.1, 0.15) is 26.3 Å². The minimum absolute atomic E-state index is 0.000198. The lowest BCUT2D eigenvalue weighted by molar-refractivity contribution is 0.0599. The normalized spacial score (nSPS) is 9.43. The smallest absolute Gasteiger partial charge is 0.339 e. The van der Waals surface area contributed by atoms with E-state index in [0.717, 1.165) is 0 Å². The average molecular weight is 310 g/mol. The van der Waals surface area contributed by atoms with Crippen LogP contribution in [-0.2, 0) is 4.74 Å². The van der Waals surface area contributed by atoms with Crippen molar-refractivity contribution in [3.63, 3.8) is 0 Å². The molecule has 0 bridgehead atoms. The third-order valence-electron chi connectivity index (χ3n) is 2.97. The molecule has 0 aliphatic carbocycles. The van der Waals surface area contributed by atoms with E-state index in [-0.39, 0.29) is 17.9 Å². The van der Waals surface area contributed by atoms with Crippen LogP contribution >= 0.6 is 0 Å². The number of carbonyl (C=O) groups excluding carboxylic acids is 1. The van der Waals surface area contributed by atoms with Crippen LogP contribution in [0.5, 0.6) is 5.75 Å². The van der Waals surface area contributed by atoms with Gasteiger partial charge in [-0.2, -0.15) is 0 Å². The Morgan fingerprint density at radius 1 is 1.04 bits per heavy atom. The first-order valence-electron chi connectivity index (χ1n) is 6.75. The predicted molar refractivity (Wildman–Crippen MR) is 83.6 cm³/mol. The number of para-hydroxylation sites is 1. The van der Waals surface area contributed by atoms with Gasteiger partial charge in [-0.05, 0) is 24.3 Å². The Morgan fingerprint density at radius 2 is 1.70 bits per heavy atom. The van der Waals surface area contributed by atoms with Crippen LogP contribution in [0.3, 0.4) is 0 Å². The van der Waals surface area contributed by atoms with Gasteiger partial charge in [0, 0.05) is 5.56 Å². The highest BCUT2D eigenvalue weighted by molar-refractivity contribution is 5.92. The molecule has 0 spiro atoms. The number of rotatable bonds is 4. The minimum Gasteiger partial charge on any atom is -0.480 e. The van der Waals surface area contributed by atoms with Gasteiger partial charge in [-0.25, -0.2) is 9.59 Å². The second-order valence-electron chi connectivity index (χ2n) is 4.43. The lowest BCUT2D eigenvalue weighted by Gasteiger charge is -2.05. The molecule has 0 atom stereocenters. The van der Waals surface area contributed by atoms with Gasteiger partial charge < -0.3 is 14.6 Å². The fraction of sp³-hybridized carbons (Fsp3) is 0.111. The summed E-state index contributed by atoms with van der Waals surface area (Å²) in [6, 6.07) is 13.1. The molecule has 0 amide bonds. The molecule has 0 heterocycles. The maximum absolute atomic E-state index is 11.6. The number of carboxylic acids is 1. The topological polar surface area (TPSA) is 72.8 Å². The standard InChI is InChI=1S/C18H14O5/c1-22-18(21)14-9-3-2-7-13(14)8-6-12-23-16-11-5-4-10-15(16)17(19)20/h2-5,7,9-11H,12H2,1H3,(H,19,20). The number of ether oxygens (including phenoxy) is 2. The van der Waals surface area contributed by atoms with Crippen molar-refractivity contribution in [1.82, 2.24) is 0 Å². The van der Waals surface area contributed by atoms with Crippen LogP contribution in [-0.4, -0.2) is 30.8 Å². The Kier molecular flexibility index (Phi) is 5.37. The first kappa shape index (κ1) is 16.1. The van der Waals surface area contributed by atoms with E-state index in [1.165, 1.54) is 13.2 Å². The summed E-state index contributed by atoms with van der Waals surface area (Å²) in [5, 5.41) is 9.06. The molecule has 0 radical (unpaired) electrons. The average Bonchev–Trinajstić information content (AvgIpc) is 2.58. The fourth-order valence-electron chi connectivity index (χ4n) is 1.89. The van der Waals surface area contributed by atoms with E-state index >= 15 is 0 Å². The maximum atomic E-state index is 11.6. The quantitative estimate of drug-likeness (QED) is 0.694. The Bertz CT molecular complexity index is 783. The van der Waals surface area contributed by atoms with Crippen LogP contribution < -0.4 is 4.74 Å². The molecule has 5 nitrogen and oxygen atoms in total. The number of esters is 1. The largest absolute Gasteiger partial charge is 0.480 e. The fourth-order valence-corrected chi connectivity index (χ4v) is 1.89. The molecule has 2 rings (SSSR count). The van der Waals surface area contributed by atoms with E-state index in [1.807, 2.05) is 0 Å². The van der Waals surface area contributed by atoms with Gasteiger partial charge in [0.05, 0.1) is 12.7 Å². The van der Waals surface area contributed by atoms with Gasteiger partial charge in [0.1, 0.15) is 17.9 Å². The summed E-state index contributed by atoms with van der Waals surface area (Å²) < 4.78 is 10.1. The molecular weight excluding hydrogens is 296 g/mol. The Balaban J connectivity index is 2.11. The molecule has 0 aliphatic rings. The summed E-state index contributed by atoms with van der Waals surface area (Å²) in [4.78, 5) is 22.7. The highest BCUT2D eigenvalue weighted by Crippen LogP contribution is 2.17. The van der Waals surface area contributed by atoms with Gasteiger partial charge in [-0.15, -0.1) is 0 Å². The predicted octanol–water partition coefficient (Wildman–Crippen LogP) is 2.60. The molecule has 0 unspecified atom stereocenters. The number of benzene rings is 2. The van der Waals surface area contributed by atoms with Crippen LogP contribution in [0.25, 0.3) is 0 Å². The third-order valence-corrected chi connectivity index (χ3v) is 2.97. The van der Waals surface area contributed by atoms with Gasteiger partial charge in [-0.1, -0.05) is 36.1 Å². The summed E-state index contributed by atoms with van der Waals surface area (Å²) in [6.07, 6.45) is 0. The van der Waals surface area contributed by atoms with Crippen molar-refractivity contribution < 1.29 is 24.2 Å². The lowest BCUT2D eigenvalue weighted by atomic mass is 10.1. The van der Waals surface area contributed by atoms with E-state index in [9.17, 15) is 9.59 Å². The van der Waals surface area contributed by atoms with Gasteiger partial charge in [0.2, 0.25) is 0 Å². The number of carboxylic acid groups (broad SMARTS) is 1. The van der Waals surface area contributed by atoms with Crippen LogP contribution in [0, 0.1) is 11.8 Å². The number of hydrogen-bond donors (Lipinski definition) is 1. The van der Waals surface area contributed by atoms with Crippen molar-refractivity contribution in [2.75, 3.05) is 13.7 Å². The molecule has 0 aromatic heterocycles. The van der Waals surface area contributed by atoms with Crippen molar-refractivity contribution in [1.29, 1.82) is 0 Å². The number of aromatic carboxylic acids is 1. The van der Waals surface area contributed by atoms with Crippen molar-refractivity contribution in [3.8, 4) is 17.6 Å². The lowest BCUT2D eigenvalue weighted by Crippen LogP contribution is -2.04. The summed E-state index contributed by atoms with van der Waals surface area (Å²) in [6.45, 7) is -0.000198. The number of carbonyl (C=O) groups is 2.